The molecule has 0 bridgehead atoms. The molecule has 0 heterocycles. The first-order valence-electron chi connectivity index (χ1n) is 10.5. The van der Waals surface area contributed by atoms with Crippen LogP contribution in [-0.2, 0) is 6.42 Å². The number of rotatable bonds is 10. The van der Waals surface area contributed by atoms with Crippen LogP contribution in [0.5, 0.6) is 5.75 Å². The molecule has 2 aromatic carbocycles. The van der Waals surface area contributed by atoms with Crippen LogP contribution in [0.15, 0.2) is 42.5 Å². The highest BCUT2D eigenvalue weighted by Gasteiger charge is 2.21. The van der Waals surface area contributed by atoms with Crippen LogP contribution < -0.4 is 26.4 Å². The SMILES string of the molecule is CCCN(CCC1CC1)c1ccc(OC(=O)NCCc2ccc(N)c(N)c2)cc1. The highest BCUT2D eigenvalue weighted by atomic mass is 16.6. The zero-order valence-electron chi connectivity index (χ0n) is 17.2. The molecule has 0 aromatic heterocycles. The third kappa shape index (κ3) is 6.59. The number of amides is 1. The quantitative estimate of drug-likeness (QED) is 0.523. The van der Waals surface area contributed by atoms with Crippen molar-refractivity contribution < 1.29 is 9.53 Å². The number of hydrogen-bond acceptors (Lipinski definition) is 5. The van der Waals surface area contributed by atoms with Crippen molar-refractivity contribution in [1.82, 2.24) is 5.32 Å². The van der Waals surface area contributed by atoms with E-state index in [1.54, 1.807) is 6.07 Å². The van der Waals surface area contributed by atoms with Crippen molar-refractivity contribution in [2.24, 2.45) is 5.92 Å². The summed E-state index contributed by atoms with van der Waals surface area (Å²) in [6.45, 7) is 4.80. The Morgan fingerprint density at radius 1 is 1.10 bits per heavy atom. The number of nitrogens with zero attached hydrogens (tertiary/aromatic N) is 1. The Balaban J connectivity index is 1.45. The third-order valence-electron chi connectivity index (χ3n) is 5.24. The van der Waals surface area contributed by atoms with Crippen molar-refractivity contribution in [3.63, 3.8) is 0 Å². The van der Waals surface area contributed by atoms with Gasteiger partial charge in [0, 0.05) is 25.3 Å². The molecule has 3 rings (SSSR count). The molecule has 0 atom stereocenters. The fourth-order valence-corrected chi connectivity index (χ4v) is 3.34. The second-order valence-electron chi connectivity index (χ2n) is 7.74. The first-order chi connectivity index (χ1) is 14.0. The predicted octanol–water partition coefficient (Wildman–Crippen LogP) is 4.20. The lowest BCUT2D eigenvalue weighted by atomic mass is 10.1. The number of nitrogen functional groups attached to an aromatic ring is 2. The molecule has 1 aliphatic rings. The van der Waals surface area contributed by atoms with Crippen LogP contribution in [0.4, 0.5) is 21.9 Å². The fraction of sp³-hybridized carbons (Fsp3) is 0.435. The van der Waals surface area contributed by atoms with Gasteiger partial charge >= 0.3 is 6.09 Å². The van der Waals surface area contributed by atoms with Crippen LogP contribution in [0.2, 0.25) is 0 Å². The van der Waals surface area contributed by atoms with Crippen molar-refractivity contribution in [2.45, 2.75) is 39.0 Å². The lowest BCUT2D eigenvalue weighted by molar-refractivity contribution is 0.200. The fourth-order valence-electron chi connectivity index (χ4n) is 3.34. The largest absolute Gasteiger partial charge is 0.412 e. The monoisotopic (exact) mass is 396 g/mol. The maximum atomic E-state index is 12.0. The molecule has 0 aliphatic heterocycles. The van der Waals surface area contributed by atoms with E-state index in [-0.39, 0.29) is 0 Å². The van der Waals surface area contributed by atoms with Gasteiger partial charge in [-0.2, -0.15) is 0 Å². The van der Waals surface area contributed by atoms with E-state index in [1.807, 2.05) is 36.4 Å². The molecule has 0 radical (unpaired) electrons. The number of ether oxygens (including phenoxy) is 1. The maximum Gasteiger partial charge on any atom is 0.412 e. The zero-order chi connectivity index (χ0) is 20.6. The highest BCUT2D eigenvalue weighted by molar-refractivity contribution is 5.70. The average Bonchev–Trinajstić information content (AvgIpc) is 3.53. The molecule has 6 nitrogen and oxygen atoms in total. The van der Waals surface area contributed by atoms with Crippen LogP contribution >= 0.6 is 0 Å². The van der Waals surface area contributed by atoms with Crippen molar-refractivity contribution in [3.8, 4) is 5.75 Å². The minimum atomic E-state index is -0.458. The van der Waals surface area contributed by atoms with Crippen molar-refractivity contribution >= 4 is 23.2 Å². The van der Waals surface area contributed by atoms with Gasteiger partial charge in [0.1, 0.15) is 5.75 Å². The van der Waals surface area contributed by atoms with Gasteiger partial charge in [0.25, 0.3) is 0 Å². The smallest absolute Gasteiger partial charge is 0.410 e. The van der Waals surface area contributed by atoms with Crippen molar-refractivity contribution in [3.05, 3.63) is 48.0 Å². The predicted molar refractivity (Wildman–Crippen MR) is 119 cm³/mol. The van der Waals surface area contributed by atoms with E-state index in [2.05, 4.69) is 17.1 Å². The Hall–Kier alpha value is -2.89. The third-order valence-corrected chi connectivity index (χ3v) is 5.24. The van der Waals surface area contributed by atoms with Gasteiger partial charge in [-0.05, 0) is 67.1 Å². The summed E-state index contributed by atoms with van der Waals surface area (Å²) in [4.78, 5) is 14.5. The molecule has 1 amide bonds. The Kier molecular flexibility index (Phi) is 7.22. The first-order valence-corrected chi connectivity index (χ1v) is 10.5. The molecule has 1 aliphatic carbocycles. The average molecular weight is 397 g/mol. The molecule has 2 aromatic rings. The van der Waals surface area contributed by atoms with Crippen LogP contribution in [0.25, 0.3) is 0 Å². The van der Waals surface area contributed by atoms with E-state index in [9.17, 15) is 4.79 Å². The standard InChI is InChI=1S/C23H32N4O2/c1-2-14-27(15-12-17-3-4-17)19-6-8-20(9-7-19)29-23(28)26-13-11-18-5-10-21(24)22(25)16-18/h5-10,16-17H,2-4,11-15,24-25H2,1H3,(H,26,28). The molecular weight excluding hydrogens is 364 g/mol. The van der Waals surface area contributed by atoms with Gasteiger partial charge in [0.2, 0.25) is 0 Å². The van der Waals surface area contributed by atoms with Gasteiger partial charge in [0.05, 0.1) is 11.4 Å². The molecule has 0 spiro atoms. The van der Waals surface area contributed by atoms with E-state index in [0.717, 1.165) is 31.0 Å². The van der Waals surface area contributed by atoms with Crippen LogP contribution in [0.1, 0.15) is 38.2 Å². The first kappa shape index (κ1) is 20.8. The van der Waals surface area contributed by atoms with Gasteiger partial charge in [0.15, 0.2) is 0 Å². The van der Waals surface area contributed by atoms with E-state index >= 15 is 0 Å². The molecule has 29 heavy (non-hydrogen) atoms. The molecule has 6 heteroatoms. The number of benzene rings is 2. The highest BCUT2D eigenvalue weighted by Crippen LogP contribution is 2.33. The summed E-state index contributed by atoms with van der Waals surface area (Å²) < 4.78 is 5.38. The van der Waals surface area contributed by atoms with Crippen molar-refractivity contribution in [1.29, 1.82) is 0 Å². The lowest BCUT2D eigenvalue weighted by Gasteiger charge is -2.24. The Morgan fingerprint density at radius 2 is 1.86 bits per heavy atom. The summed E-state index contributed by atoms with van der Waals surface area (Å²) in [5, 5.41) is 2.77. The molecule has 1 fully saturated rings. The molecule has 1 saturated carbocycles. The van der Waals surface area contributed by atoms with E-state index in [0.29, 0.717) is 30.1 Å². The van der Waals surface area contributed by atoms with Gasteiger partial charge in [-0.3, -0.25) is 0 Å². The van der Waals surface area contributed by atoms with E-state index in [1.165, 1.54) is 24.9 Å². The van der Waals surface area contributed by atoms with Gasteiger partial charge in [-0.1, -0.05) is 25.8 Å². The molecule has 0 unspecified atom stereocenters. The van der Waals surface area contributed by atoms with Gasteiger partial charge < -0.3 is 26.4 Å². The van der Waals surface area contributed by atoms with Crippen LogP contribution in [0.3, 0.4) is 0 Å². The Labute approximate surface area is 173 Å². The van der Waals surface area contributed by atoms with E-state index in [4.69, 9.17) is 16.2 Å². The van der Waals surface area contributed by atoms with E-state index < -0.39 is 6.09 Å². The number of nitrogens with two attached hydrogens (primary N) is 2. The molecular formula is C23H32N4O2. The topological polar surface area (TPSA) is 93.6 Å². The number of carbonyl (C=O) groups is 1. The van der Waals surface area contributed by atoms with Crippen LogP contribution in [0, 0.1) is 5.92 Å². The summed E-state index contributed by atoms with van der Waals surface area (Å²) in [5.41, 5.74) is 14.8. The normalized spacial score (nSPS) is 13.1. The summed E-state index contributed by atoms with van der Waals surface area (Å²) in [6.07, 6.45) is 5.35. The summed E-state index contributed by atoms with van der Waals surface area (Å²) in [7, 11) is 0. The van der Waals surface area contributed by atoms with Gasteiger partial charge in [-0.15, -0.1) is 0 Å². The second kappa shape index (κ2) is 10.0. The molecule has 156 valence electrons. The minimum absolute atomic E-state index is 0.458. The number of nitrogens with one attached hydrogen (secondary N) is 1. The zero-order valence-corrected chi connectivity index (χ0v) is 17.2. The minimum Gasteiger partial charge on any atom is -0.410 e. The maximum absolute atomic E-state index is 12.0. The molecule has 0 saturated heterocycles. The lowest BCUT2D eigenvalue weighted by Crippen LogP contribution is -2.29. The van der Waals surface area contributed by atoms with Crippen molar-refractivity contribution in [2.75, 3.05) is 36.0 Å². The van der Waals surface area contributed by atoms with Crippen LogP contribution in [-0.4, -0.2) is 25.7 Å². The summed E-state index contributed by atoms with van der Waals surface area (Å²) in [5.74, 6) is 1.46. The molecule has 5 N–H and O–H groups in total. The Morgan fingerprint density at radius 3 is 2.52 bits per heavy atom. The summed E-state index contributed by atoms with van der Waals surface area (Å²) in [6, 6.07) is 13.3. The number of carbonyl (C=O) groups excluding carboxylic acids is 1. The second-order valence-corrected chi connectivity index (χ2v) is 7.74. The summed E-state index contributed by atoms with van der Waals surface area (Å²) >= 11 is 0. The Bertz CT molecular complexity index is 803. The number of anilines is 3. The number of hydrogen-bond donors (Lipinski definition) is 3. The van der Waals surface area contributed by atoms with Gasteiger partial charge in [-0.25, -0.2) is 4.79 Å².